The molecule has 8 heteroatoms. The second-order valence-corrected chi connectivity index (χ2v) is 4.74. The van der Waals surface area contributed by atoms with Crippen molar-refractivity contribution in [3.63, 3.8) is 0 Å². The van der Waals surface area contributed by atoms with Gasteiger partial charge in [0, 0.05) is 18.5 Å². The van der Waals surface area contributed by atoms with Crippen molar-refractivity contribution in [2.24, 2.45) is 0 Å². The molecule has 1 aromatic rings. The molecule has 0 bridgehead atoms. The third-order valence-corrected chi connectivity index (χ3v) is 3.21. The second-order valence-electron chi connectivity index (χ2n) is 3.00. The first kappa shape index (κ1) is 13.4. The number of H-pyrrole nitrogens is 1. The minimum absolute atomic E-state index is 0.159. The molecule has 1 rings (SSSR count). The van der Waals surface area contributed by atoms with Crippen molar-refractivity contribution in [3.05, 3.63) is 28.7 Å². The van der Waals surface area contributed by atoms with Gasteiger partial charge in [0.05, 0.1) is 6.61 Å². The number of carbonyl (C=O) groups excluding carboxylic acids is 1. The Labute approximate surface area is 97.9 Å². The Balaban J connectivity index is 2.80. The van der Waals surface area contributed by atoms with Crippen LogP contribution in [0.5, 0.6) is 0 Å². The van der Waals surface area contributed by atoms with Crippen molar-refractivity contribution in [3.8, 4) is 0 Å². The van der Waals surface area contributed by atoms with Crippen molar-refractivity contribution in [1.82, 2.24) is 9.71 Å². The summed E-state index contributed by atoms with van der Waals surface area (Å²) in [5.74, 6) is -0.705. The SMILES string of the molecule is CCOC(=O)CNS(=O)(=O)c1c[nH]ccc1=O. The molecule has 0 spiro atoms. The highest BCUT2D eigenvalue weighted by Gasteiger charge is 2.18. The van der Waals surface area contributed by atoms with E-state index in [1.165, 1.54) is 6.20 Å². The van der Waals surface area contributed by atoms with Crippen LogP contribution in [0.25, 0.3) is 0 Å². The molecule has 0 amide bonds. The number of pyridine rings is 1. The molecule has 0 atom stereocenters. The molecule has 0 saturated heterocycles. The van der Waals surface area contributed by atoms with E-state index in [2.05, 4.69) is 9.72 Å². The van der Waals surface area contributed by atoms with Gasteiger partial charge in [0.1, 0.15) is 11.4 Å². The van der Waals surface area contributed by atoms with Gasteiger partial charge in [-0.05, 0) is 6.92 Å². The van der Waals surface area contributed by atoms with Gasteiger partial charge in [0.2, 0.25) is 15.5 Å². The average molecular weight is 260 g/mol. The Hall–Kier alpha value is -1.67. The van der Waals surface area contributed by atoms with E-state index in [9.17, 15) is 18.0 Å². The van der Waals surface area contributed by atoms with Crippen molar-refractivity contribution in [2.75, 3.05) is 13.2 Å². The lowest BCUT2D eigenvalue weighted by Gasteiger charge is -2.05. The number of rotatable bonds is 5. The topological polar surface area (TPSA) is 105 Å². The van der Waals surface area contributed by atoms with Crippen LogP contribution < -0.4 is 10.2 Å². The predicted molar refractivity (Wildman–Crippen MR) is 58.9 cm³/mol. The summed E-state index contributed by atoms with van der Waals surface area (Å²) < 4.78 is 29.8. The maximum Gasteiger partial charge on any atom is 0.321 e. The van der Waals surface area contributed by atoms with E-state index < -0.39 is 32.9 Å². The molecular formula is C9H12N2O5S. The largest absolute Gasteiger partial charge is 0.465 e. The number of aromatic nitrogens is 1. The van der Waals surface area contributed by atoms with Crippen LogP contribution in [0.4, 0.5) is 0 Å². The van der Waals surface area contributed by atoms with Gasteiger partial charge in [-0.1, -0.05) is 0 Å². The lowest BCUT2D eigenvalue weighted by atomic mass is 10.5. The molecule has 2 N–H and O–H groups in total. The maximum atomic E-state index is 11.6. The lowest BCUT2D eigenvalue weighted by Crippen LogP contribution is -2.33. The van der Waals surface area contributed by atoms with Crippen LogP contribution >= 0.6 is 0 Å². The Bertz CT molecular complexity index is 549. The molecule has 0 aliphatic heterocycles. The van der Waals surface area contributed by atoms with Gasteiger partial charge in [-0.2, -0.15) is 4.72 Å². The fraction of sp³-hybridized carbons (Fsp3) is 0.333. The molecule has 0 aromatic carbocycles. The van der Waals surface area contributed by atoms with Crippen LogP contribution in [0.2, 0.25) is 0 Å². The zero-order valence-corrected chi connectivity index (χ0v) is 9.91. The minimum atomic E-state index is -4.00. The summed E-state index contributed by atoms with van der Waals surface area (Å²) >= 11 is 0. The van der Waals surface area contributed by atoms with Gasteiger partial charge in [-0.3, -0.25) is 9.59 Å². The van der Waals surface area contributed by atoms with Gasteiger partial charge in [-0.15, -0.1) is 0 Å². The standard InChI is InChI=1S/C9H12N2O5S/c1-2-16-9(13)6-11-17(14,15)8-5-10-4-3-7(8)12/h3-5,11H,2,6H2,1H3,(H,10,12). The first-order valence-electron chi connectivity index (χ1n) is 4.79. The zero-order chi connectivity index (χ0) is 12.9. The van der Waals surface area contributed by atoms with Crippen LogP contribution in [0.15, 0.2) is 28.2 Å². The summed E-state index contributed by atoms with van der Waals surface area (Å²) in [7, 11) is -4.00. The summed E-state index contributed by atoms with van der Waals surface area (Å²) in [4.78, 5) is 24.3. The fourth-order valence-corrected chi connectivity index (χ4v) is 2.07. The Morgan fingerprint density at radius 1 is 1.53 bits per heavy atom. The highest BCUT2D eigenvalue weighted by Crippen LogP contribution is 1.98. The molecule has 0 radical (unpaired) electrons. The van der Waals surface area contributed by atoms with E-state index >= 15 is 0 Å². The smallest absolute Gasteiger partial charge is 0.321 e. The Kier molecular flexibility index (Phi) is 4.41. The number of aromatic amines is 1. The summed E-state index contributed by atoms with van der Waals surface area (Å²) in [6.07, 6.45) is 2.36. The number of ether oxygens (including phenoxy) is 1. The van der Waals surface area contributed by atoms with Crippen LogP contribution in [0.3, 0.4) is 0 Å². The third-order valence-electron chi connectivity index (χ3n) is 1.79. The van der Waals surface area contributed by atoms with Crippen molar-refractivity contribution in [1.29, 1.82) is 0 Å². The molecule has 7 nitrogen and oxygen atoms in total. The number of carbonyl (C=O) groups is 1. The highest BCUT2D eigenvalue weighted by atomic mass is 32.2. The minimum Gasteiger partial charge on any atom is -0.465 e. The second kappa shape index (κ2) is 5.60. The lowest BCUT2D eigenvalue weighted by molar-refractivity contribution is -0.141. The van der Waals surface area contributed by atoms with Crippen LogP contribution in [-0.4, -0.2) is 32.5 Å². The zero-order valence-electron chi connectivity index (χ0n) is 9.10. The molecule has 17 heavy (non-hydrogen) atoms. The molecule has 1 heterocycles. The maximum absolute atomic E-state index is 11.6. The van der Waals surface area contributed by atoms with E-state index in [-0.39, 0.29) is 6.61 Å². The Morgan fingerprint density at radius 2 is 2.24 bits per heavy atom. The molecule has 0 aliphatic rings. The van der Waals surface area contributed by atoms with Crippen LogP contribution in [-0.2, 0) is 19.6 Å². The molecule has 0 unspecified atom stereocenters. The number of hydrogen-bond acceptors (Lipinski definition) is 5. The monoisotopic (exact) mass is 260 g/mol. The quantitative estimate of drug-likeness (QED) is 0.675. The summed E-state index contributed by atoms with van der Waals surface area (Å²) in [5.41, 5.74) is -0.653. The Morgan fingerprint density at radius 3 is 2.82 bits per heavy atom. The predicted octanol–water partition coefficient (Wildman–Crippen LogP) is -0.784. The number of sulfonamides is 1. The average Bonchev–Trinajstić information content (AvgIpc) is 2.27. The normalized spacial score (nSPS) is 11.1. The van der Waals surface area contributed by atoms with E-state index in [1.807, 2.05) is 4.72 Å². The van der Waals surface area contributed by atoms with Gasteiger partial charge in [-0.25, -0.2) is 8.42 Å². The van der Waals surface area contributed by atoms with Crippen LogP contribution in [0.1, 0.15) is 6.92 Å². The van der Waals surface area contributed by atoms with Gasteiger partial charge >= 0.3 is 5.97 Å². The van der Waals surface area contributed by atoms with Gasteiger partial charge in [0.25, 0.3) is 0 Å². The number of esters is 1. The van der Waals surface area contributed by atoms with Gasteiger partial charge < -0.3 is 9.72 Å². The molecule has 0 aliphatic carbocycles. The van der Waals surface area contributed by atoms with E-state index in [1.54, 1.807) is 6.92 Å². The van der Waals surface area contributed by atoms with Crippen molar-refractivity contribution in [2.45, 2.75) is 11.8 Å². The summed E-state index contributed by atoms with van der Waals surface area (Å²) in [6.45, 7) is 1.26. The summed E-state index contributed by atoms with van der Waals surface area (Å²) in [5, 5.41) is 0. The highest BCUT2D eigenvalue weighted by molar-refractivity contribution is 7.89. The molecule has 0 fully saturated rings. The van der Waals surface area contributed by atoms with Crippen molar-refractivity contribution >= 4 is 16.0 Å². The van der Waals surface area contributed by atoms with Gasteiger partial charge in [0.15, 0.2) is 0 Å². The first-order valence-corrected chi connectivity index (χ1v) is 6.28. The molecule has 1 aromatic heterocycles. The van der Waals surface area contributed by atoms with Crippen LogP contribution in [0, 0.1) is 0 Å². The van der Waals surface area contributed by atoms with E-state index in [4.69, 9.17) is 0 Å². The summed E-state index contributed by atoms with van der Waals surface area (Å²) in [6, 6.07) is 1.08. The first-order chi connectivity index (χ1) is 7.97. The van der Waals surface area contributed by atoms with Crippen molar-refractivity contribution < 1.29 is 17.9 Å². The third kappa shape index (κ3) is 3.68. The van der Waals surface area contributed by atoms with E-state index in [0.717, 1.165) is 12.3 Å². The van der Waals surface area contributed by atoms with E-state index in [0.29, 0.717) is 0 Å². The molecule has 94 valence electrons. The number of nitrogens with one attached hydrogen (secondary N) is 2. The fourth-order valence-electron chi connectivity index (χ4n) is 1.05. The molecular weight excluding hydrogens is 248 g/mol. The number of hydrogen-bond donors (Lipinski definition) is 2. The molecule has 0 saturated carbocycles.